The van der Waals surface area contributed by atoms with Crippen molar-refractivity contribution in [3.8, 4) is 0 Å². The second-order valence-corrected chi connectivity index (χ2v) is 6.99. The number of nitrogens with zero attached hydrogens (tertiary/aromatic N) is 1. The van der Waals surface area contributed by atoms with Gasteiger partial charge in [-0.2, -0.15) is 0 Å². The maximum absolute atomic E-state index is 12.4. The van der Waals surface area contributed by atoms with Gasteiger partial charge in [-0.25, -0.2) is 12.7 Å². The zero-order valence-electron chi connectivity index (χ0n) is 11.9. The van der Waals surface area contributed by atoms with Crippen molar-refractivity contribution in [2.45, 2.75) is 24.3 Å². The fraction of sp³-hybridized carbons (Fsp3) is 0.429. The van der Waals surface area contributed by atoms with E-state index in [1.807, 2.05) is 7.05 Å². The summed E-state index contributed by atoms with van der Waals surface area (Å²) in [5.41, 5.74) is 0.877. The lowest BCUT2D eigenvalue weighted by atomic mass is 10.2. The predicted octanol–water partition coefficient (Wildman–Crippen LogP) is 2.65. The molecule has 0 fully saturated rings. The largest absolute Gasteiger partial charge is 0.316 e. The molecule has 0 saturated heterocycles. The summed E-state index contributed by atoms with van der Waals surface area (Å²) in [6.45, 7) is 4.69. The van der Waals surface area contributed by atoms with Crippen LogP contribution in [0.15, 0.2) is 35.7 Å². The highest BCUT2D eigenvalue weighted by Crippen LogP contribution is 2.23. The molecule has 0 aromatic heterocycles. The maximum atomic E-state index is 12.4. The van der Waals surface area contributed by atoms with Crippen LogP contribution in [0.2, 0.25) is 5.02 Å². The Bertz CT molecular complexity index is 558. The Balaban J connectivity index is 2.92. The second kappa shape index (κ2) is 7.78. The fourth-order valence-electron chi connectivity index (χ4n) is 1.78. The fourth-order valence-corrected chi connectivity index (χ4v) is 3.33. The number of halogens is 1. The van der Waals surface area contributed by atoms with Crippen LogP contribution in [0, 0.1) is 0 Å². The van der Waals surface area contributed by atoms with Gasteiger partial charge in [0.1, 0.15) is 0 Å². The SMILES string of the molecule is C=CCCCN(C)S(=O)(=O)c1ccc(CNC)c(Cl)c1. The van der Waals surface area contributed by atoms with Crippen LogP contribution in [0.25, 0.3) is 0 Å². The normalized spacial score (nSPS) is 11.8. The molecule has 6 heteroatoms. The zero-order valence-corrected chi connectivity index (χ0v) is 13.5. The molecule has 0 aliphatic carbocycles. The van der Waals surface area contributed by atoms with E-state index in [0.29, 0.717) is 18.1 Å². The Morgan fingerprint density at radius 3 is 2.70 bits per heavy atom. The van der Waals surface area contributed by atoms with Crippen molar-refractivity contribution in [3.63, 3.8) is 0 Å². The number of benzene rings is 1. The van der Waals surface area contributed by atoms with Gasteiger partial charge in [-0.3, -0.25) is 0 Å². The summed E-state index contributed by atoms with van der Waals surface area (Å²) in [4.78, 5) is 0.225. The first-order valence-electron chi connectivity index (χ1n) is 6.43. The molecule has 0 bridgehead atoms. The van der Waals surface area contributed by atoms with E-state index in [1.165, 1.54) is 10.4 Å². The minimum atomic E-state index is -3.48. The van der Waals surface area contributed by atoms with Gasteiger partial charge in [0.15, 0.2) is 0 Å². The standard InChI is InChI=1S/C14H21ClN2O2S/c1-4-5-6-9-17(3)20(18,19)13-8-7-12(11-16-2)14(15)10-13/h4,7-8,10,16H,1,5-6,9,11H2,2-3H3. The summed E-state index contributed by atoms with van der Waals surface area (Å²) in [6.07, 6.45) is 3.33. The average molecular weight is 317 g/mol. The number of rotatable bonds is 8. The van der Waals surface area contributed by atoms with Gasteiger partial charge >= 0.3 is 0 Å². The molecule has 0 aliphatic rings. The summed E-state index contributed by atoms with van der Waals surface area (Å²) < 4.78 is 26.1. The lowest BCUT2D eigenvalue weighted by molar-refractivity contribution is 0.463. The molecule has 0 aliphatic heterocycles. The Morgan fingerprint density at radius 1 is 1.45 bits per heavy atom. The van der Waals surface area contributed by atoms with Gasteiger partial charge in [0, 0.05) is 25.2 Å². The van der Waals surface area contributed by atoms with Crippen molar-refractivity contribution in [1.29, 1.82) is 0 Å². The Morgan fingerprint density at radius 2 is 2.15 bits per heavy atom. The number of allylic oxidation sites excluding steroid dienone is 1. The Kier molecular flexibility index (Phi) is 6.68. The molecule has 1 rings (SSSR count). The summed E-state index contributed by atoms with van der Waals surface area (Å²) in [5.74, 6) is 0. The number of hydrogen-bond donors (Lipinski definition) is 1. The molecule has 1 N–H and O–H groups in total. The van der Waals surface area contributed by atoms with Gasteiger partial charge in [-0.05, 0) is 37.6 Å². The number of unbranched alkanes of at least 4 members (excludes halogenated alkanes) is 1. The second-order valence-electron chi connectivity index (χ2n) is 4.54. The molecule has 0 heterocycles. The molecule has 0 unspecified atom stereocenters. The smallest absolute Gasteiger partial charge is 0.242 e. The summed E-state index contributed by atoms with van der Waals surface area (Å²) in [5, 5.41) is 3.44. The molecule has 112 valence electrons. The third-order valence-corrected chi connectivity index (χ3v) is 5.19. The molecule has 0 spiro atoms. The van der Waals surface area contributed by atoms with E-state index < -0.39 is 10.0 Å². The van der Waals surface area contributed by atoms with Crippen LogP contribution in [0.3, 0.4) is 0 Å². The summed E-state index contributed by atoms with van der Waals surface area (Å²) in [7, 11) is -0.0884. The molecule has 0 saturated carbocycles. The third-order valence-electron chi connectivity index (χ3n) is 2.98. The predicted molar refractivity (Wildman–Crippen MR) is 83.5 cm³/mol. The minimum absolute atomic E-state index is 0.225. The minimum Gasteiger partial charge on any atom is -0.316 e. The molecule has 1 aromatic carbocycles. The van der Waals surface area contributed by atoms with Gasteiger partial charge in [0.2, 0.25) is 10.0 Å². The summed E-state index contributed by atoms with van der Waals surface area (Å²) >= 11 is 6.11. The first-order chi connectivity index (χ1) is 9.43. The first kappa shape index (κ1) is 17.2. The highest BCUT2D eigenvalue weighted by atomic mass is 35.5. The van der Waals surface area contributed by atoms with E-state index in [9.17, 15) is 8.42 Å². The Hall–Kier alpha value is -0.880. The lowest BCUT2D eigenvalue weighted by Gasteiger charge is -2.17. The maximum Gasteiger partial charge on any atom is 0.242 e. The van der Waals surface area contributed by atoms with E-state index in [1.54, 1.807) is 25.3 Å². The number of hydrogen-bond acceptors (Lipinski definition) is 3. The molecule has 1 aromatic rings. The van der Waals surface area contributed by atoms with Gasteiger partial charge in [0.25, 0.3) is 0 Å². The van der Waals surface area contributed by atoms with Crippen molar-refractivity contribution in [1.82, 2.24) is 9.62 Å². The van der Waals surface area contributed by atoms with Gasteiger partial charge in [-0.1, -0.05) is 23.7 Å². The Labute approximate surface area is 126 Å². The van der Waals surface area contributed by atoms with Crippen LogP contribution in [-0.2, 0) is 16.6 Å². The van der Waals surface area contributed by atoms with E-state index in [-0.39, 0.29) is 4.90 Å². The zero-order chi connectivity index (χ0) is 15.2. The van der Waals surface area contributed by atoms with E-state index in [4.69, 9.17) is 11.6 Å². The van der Waals surface area contributed by atoms with Gasteiger partial charge < -0.3 is 5.32 Å². The van der Waals surface area contributed by atoms with E-state index in [2.05, 4.69) is 11.9 Å². The van der Waals surface area contributed by atoms with Crippen LogP contribution in [0.5, 0.6) is 0 Å². The van der Waals surface area contributed by atoms with Crippen molar-refractivity contribution in [2.75, 3.05) is 20.6 Å². The molecule has 20 heavy (non-hydrogen) atoms. The molecule has 4 nitrogen and oxygen atoms in total. The number of sulfonamides is 1. The molecule has 0 radical (unpaired) electrons. The third kappa shape index (κ3) is 4.31. The highest BCUT2D eigenvalue weighted by molar-refractivity contribution is 7.89. The molecular formula is C14H21ClN2O2S. The molecule has 0 atom stereocenters. The lowest BCUT2D eigenvalue weighted by Crippen LogP contribution is -2.28. The monoisotopic (exact) mass is 316 g/mol. The molecule has 0 amide bonds. The topological polar surface area (TPSA) is 49.4 Å². The number of nitrogens with one attached hydrogen (secondary N) is 1. The average Bonchev–Trinajstić information content (AvgIpc) is 2.41. The van der Waals surface area contributed by atoms with Crippen LogP contribution in [-0.4, -0.2) is 33.4 Å². The summed E-state index contributed by atoms with van der Waals surface area (Å²) in [6, 6.07) is 4.84. The van der Waals surface area contributed by atoms with Crippen LogP contribution >= 0.6 is 11.6 Å². The molecular weight excluding hydrogens is 296 g/mol. The van der Waals surface area contributed by atoms with E-state index in [0.717, 1.165) is 18.4 Å². The van der Waals surface area contributed by atoms with Gasteiger partial charge in [-0.15, -0.1) is 6.58 Å². The first-order valence-corrected chi connectivity index (χ1v) is 8.25. The van der Waals surface area contributed by atoms with E-state index >= 15 is 0 Å². The van der Waals surface area contributed by atoms with Gasteiger partial charge in [0.05, 0.1) is 4.90 Å². The van der Waals surface area contributed by atoms with Crippen LogP contribution in [0.4, 0.5) is 0 Å². The van der Waals surface area contributed by atoms with Crippen molar-refractivity contribution >= 4 is 21.6 Å². The van der Waals surface area contributed by atoms with Crippen LogP contribution in [0.1, 0.15) is 18.4 Å². The van der Waals surface area contributed by atoms with Crippen molar-refractivity contribution in [2.24, 2.45) is 0 Å². The quantitative estimate of drug-likeness (QED) is 0.592. The van der Waals surface area contributed by atoms with Crippen LogP contribution < -0.4 is 5.32 Å². The highest BCUT2D eigenvalue weighted by Gasteiger charge is 2.21. The van der Waals surface area contributed by atoms with Crippen molar-refractivity contribution < 1.29 is 8.42 Å². The van der Waals surface area contributed by atoms with Crippen molar-refractivity contribution in [3.05, 3.63) is 41.4 Å².